The molecule has 0 radical (unpaired) electrons. The number of hydrogen-bond donors (Lipinski definition) is 0. The molecule has 1 atom stereocenters. The monoisotopic (exact) mass is 174 g/mol. The molecule has 1 aliphatic rings. The van der Waals surface area contributed by atoms with Gasteiger partial charge in [0.1, 0.15) is 17.5 Å². The number of nitrogens with zero attached hydrogens (tertiary/aromatic N) is 2. The van der Waals surface area contributed by atoms with Gasteiger partial charge in [0.2, 0.25) is 0 Å². The van der Waals surface area contributed by atoms with Crippen molar-refractivity contribution in [3.05, 3.63) is 23.5 Å². The van der Waals surface area contributed by atoms with Crippen molar-refractivity contribution < 1.29 is 4.74 Å². The Labute approximate surface area is 77.0 Å². The molecule has 3 heteroatoms. The summed E-state index contributed by atoms with van der Waals surface area (Å²) in [5.41, 5.74) is 1.54. The van der Waals surface area contributed by atoms with Gasteiger partial charge in [0.15, 0.2) is 0 Å². The first-order valence-corrected chi connectivity index (χ1v) is 4.34. The molecule has 1 aromatic rings. The quantitative estimate of drug-likeness (QED) is 0.602. The average molecular weight is 174 g/mol. The summed E-state index contributed by atoms with van der Waals surface area (Å²) in [7, 11) is 0. The summed E-state index contributed by atoms with van der Waals surface area (Å²) < 4.78 is 5.45. The molecule has 0 N–H and O–H groups in total. The van der Waals surface area contributed by atoms with Crippen molar-refractivity contribution in [1.29, 1.82) is 5.26 Å². The molecule has 2 heterocycles. The van der Waals surface area contributed by atoms with Crippen LogP contribution in [0.4, 0.5) is 0 Å². The normalized spacial score (nSPS) is 19.8. The fourth-order valence-corrected chi connectivity index (χ4v) is 1.50. The van der Waals surface area contributed by atoms with Gasteiger partial charge in [0.05, 0.1) is 6.61 Å². The number of fused-ring (bicyclic) bond motifs is 1. The summed E-state index contributed by atoms with van der Waals surface area (Å²) >= 11 is 0. The maximum absolute atomic E-state index is 8.64. The van der Waals surface area contributed by atoms with Crippen molar-refractivity contribution in [2.24, 2.45) is 0 Å². The van der Waals surface area contributed by atoms with Crippen LogP contribution in [0.3, 0.4) is 0 Å². The Hall–Kier alpha value is -1.56. The van der Waals surface area contributed by atoms with Gasteiger partial charge < -0.3 is 4.74 Å². The van der Waals surface area contributed by atoms with Crippen LogP contribution in [0, 0.1) is 11.3 Å². The lowest BCUT2D eigenvalue weighted by Gasteiger charge is -2.22. The maximum Gasteiger partial charge on any atom is 0.144 e. The zero-order valence-electron chi connectivity index (χ0n) is 7.45. The van der Waals surface area contributed by atoms with Gasteiger partial charge in [-0.2, -0.15) is 5.26 Å². The zero-order valence-corrected chi connectivity index (χ0v) is 7.45. The van der Waals surface area contributed by atoms with Gasteiger partial charge in [-0.15, -0.1) is 0 Å². The van der Waals surface area contributed by atoms with Gasteiger partial charge in [0, 0.05) is 17.8 Å². The lowest BCUT2D eigenvalue weighted by Crippen LogP contribution is -2.12. The van der Waals surface area contributed by atoms with Crippen LogP contribution in [0.25, 0.3) is 0 Å². The molecule has 1 unspecified atom stereocenters. The van der Waals surface area contributed by atoms with Gasteiger partial charge in [-0.25, -0.2) is 4.98 Å². The van der Waals surface area contributed by atoms with E-state index >= 15 is 0 Å². The van der Waals surface area contributed by atoms with Gasteiger partial charge >= 0.3 is 0 Å². The highest BCUT2D eigenvalue weighted by Crippen LogP contribution is 2.32. The maximum atomic E-state index is 8.64. The highest BCUT2D eigenvalue weighted by atomic mass is 16.5. The number of aromatic nitrogens is 1. The molecule has 0 saturated heterocycles. The lowest BCUT2D eigenvalue weighted by molar-refractivity contribution is 0.271. The fourth-order valence-electron chi connectivity index (χ4n) is 1.50. The summed E-state index contributed by atoms with van der Waals surface area (Å²) in [4.78, 5) is 4.02. The van der Waals surface area contributed by atoms with Crippen molar-refractivity contribution in [3.8, 4) is 11.8 Å². The van der Waals surface area contributed by atoms with Crippen LogP contribution in [0.2, 0.25) is 0 Å². The number of hydrogen-bond acceptors (Lipinski definition) is 3. The van der Waals surface area contributed by atoms with E-state index in [0.29, 0.717) is 11.6 Å². The van der Waals surface area contributed by atoms with E-state index in [0.717, 1.165) is 24.3 Å². The third-order valence-corrected chi connectivity index (χ3v) is 2.35. The van der Waals surface area contributed by atoms with Crippen molar-refractivity contribution in [1.82, 2.24) is 4.98 Å². The van der Waals surface area contributed by atoms with E-state index in [9.17, 15) is 0 Å². The summed E-state index contributed by atoms with van der Waals surface area (Å²) in [6, 6.07) is 3.71. The van der Waals surface area contributed by atoms with E-state index in [-0.39, 0.29) is 0 Å². The molecule has 3 nitrogen and oxygen atoms in total. The predicted octanol–water partition coefficient (Wildman–Crippen LogP) is 1.84. The number of rotatable bonds is 0. The predicted molar refractivity (Wildman–Crippen MR) is 47.5 cm³/mol. The molecule has 0 bridgehead atoms. The molecule has 0 fully saturated rings. The van der Waals surface area contributed by atoms with Crippen molar-refractivity contribution >= 4 is 0 Å². The Bertz CT molecular complexity index is 368. The molecule has 0 saturated carbocycles. The van der Waals surface area contributed by atoms with Crippen LogP contribution in [-0.4, -0.2) is 11.6 Å². The Kier molecular flexibility index (Phi) is 1.90. The summed E-state index contributed by atoms with van der Waals surface area (Å²) in [6.45, 7) is 2.89. The number of pyridine rings is 1. The SMILES string of the molecule is CC1CCOc2cc(C#N)ncc21. The minimum Gasteiger partial charge on any atom is -0.493 e. The van der Waals surface area contributed by atoms with E-state index in [2.05, 4.69) is 11.9 Å². The lowest BCUT2D eigenvalue weighted by atomic mass is 9.97. The first kappa shape index (κ1) is 8.06. The van der Waals surface area contributed by atoms with Crippen LogP contribution in [0.1, 0.15) is 30.5 Å². The van der Waals surface area contributed by atoms with Crippen LogP contribution in [-0.2, 0) is 0 Å². The molecular formula is C10H10N2O. The topological polar surface area (TPSA) is 45.9 Å². The first-order valence-electron chi connectivity index (χ1n) is 4.34. The molecule has 1 aromatic heterocycles. The molecule has 1 aliphatic heterocycles. The molecular weight excluding hydrogens is 164 g/mol. The van der Waals surface area contributed by atoms with Crippen LogP contribution in [0.5, 0.6) is 5.75 Å². The second kappa shape index (κ2) is 3.06. The molecule has 0 spiro atoms. The second-order valence-electron chi connectivity index (χ2n) is 3.26. The molecule has 0 amide bonds. The Morgan fingerprint density at radius 2 is 2.54 bits per heavy atom. The second-order valence-corrected chi connectivity index (χ2v) is 3.26. The van der Waals surface area contributed by atoms with E-state index in [1.165, 1.54) is 0 Å². The molecule has 66 valence electrons. The van der Waals surface area contributed by atoms with Crippen molar-refractivity contribution in [2.45, 2.75) is 19.3 Å². The van der Waals surface area contributed by atoms with Crippen LogP contribution in [0.15, 0.2) is 12.3 Å². The number of ether oxygens (including phenoxy) is 1. The Balaban J connectivity index is 2.47. The summed E-state index contributed by atoms with van der Waals surface area (Å²) in [5, 5.41) is 8.64. The molecule has 0 aliphatic carbocycles. The molecule has 0 aromatic carbocycles. The van der Waals surface area contributed by atoms with Crippen LogP contribution >= 0.6 is 0 Å². The Morgan fingerprint density at radius 1 is 1.69 bits per heavy atom. The van der Waals surface area contributed by atoms with E-state index in [4.69, 9.17) is 10.00 Å². The summed E-state index contributed by atoms with van der Waals surface area (Å²) in [6.07, 6.45) is 2.78. The summed E-state index contributed by atoms with van der Waals surface area (Å²) in [5.74, 6) is 1.31. The average Bonchev–Trinajstić information content (AvgIpc) is 2.18. The minimum absolute atomic E-state index is 0.424. The van der Waals surface area contributed by atoms with Gasteiger partial charge in [-0.1, -0.05) is 6.92 Å². The van der Waals surface area contributed by atoms with E-state index in [1.807, 2.05) is 6.07 Å². The van der Waals surface area contributed by atoms with E-state index in [1.54, 1.807) is 12.3 Å². The van der Waals surface area contributed by atoms with Crippen LogP contribution < -0.4 is 4.74 Å². The largest absolute Gasteiger partial charge is 0.493 e. The van der Waals surface area contributed by atoms with Gasteiger partial charge in [-0.3, -0.25) is 0 Å². The third kappa shape index (κ3) is 1.35. The number of nitriles is 1. The molecule has 2 rings (SSSR count). The fraction of sp³-hybridized carbons (Fsp3) is 0.400. The van der Waals surface area contributed by atoms with Crippen molar-refractivity contribution in [3.63, 3.8) is 0 Å². The highest BCUT2D eigenvalue weighted by molar-refractivity contribution is 5.40. The van der Waals surface area contributed by atoms with E-state index < -0.39 is 0 Å². The molecule has 13 heavy (non-hydrogen) atoms. The van der Waals surface area contributed by atoms with Gasteiger partial charge in [-0.05, 0) is 12.3 Å². The minimum atomic E-state index is 0.424. The highest BCUT2D eigenvalue weighted by Gasteiger charge is 2.18. The van der Waals surface area contributed by atoms with Gasteiger partial charge in [0.25, 0.3) is 0 Å². The smallest absolute Gasteiger partial charge is 0.144 e. The zero-order chi connectivity index (χ0) is 9.26. The first-order chi connectivity index (χ1) is 6.31. The third-order valence-electron chi connectivity index (χ3n) is 2.35. The van der Waals surface area contributed by atoms with Crippen molar-refractivity contribution in [2.75, 3.05) is 6.61 Å². The standard InChI is InChI=1S/C10H10N2O/c1-7-2-3-13-10-4-8(5-11)12-6-9(7)10/h4,6-7H,2-3H2,1H3. The Morgan fingerprint density at radius 3 is 3.31 bits per heavy atom.